The Morgan fingerprint density at radius 3 is 2.25 bits per heavy atom. The van der Waals surface area contributed by atoms with Crippen LogP contribution in [0.3, 0.4) is 0 Å². The average molecular weight is 342 g/mol. The first kappa shape index (κ1) is 18.3. The molecule has 1 fully saturated rings. The predicted molar refractivity (Wildman–Crippen MR) is 84.4 cm³/mol. The van der Waals surface area contributed by atoms with Gasteiger partial charge in [0.1, 0.15) is 0 Å². The van der Waals surface area contributed by atoms with Crippen LogP contribution in [0.15, 0.2) is 24.3 Å². The number of rotatable bonds is 4. The van der Waals surface area contributed by atoms with E-state index in [1.807, 2.05) is 24.3 Å². The fourth-order valence-electron chi connectivity index (χ4n) is 2.81. The minimum Gasteiger partial charge on any atom is -0.335 e. The lowest BCUT2D eigenvalue weighted by Gasteiger charge is -2.31. The second kappa shape index (κ2) is 7.68. The summed E-state index contributed by atoms with van der Waals surface area (Å²) in [5, 5.41) is 2.79. The maximum atomic E-state index is 12.4. The Morgan fingerprint density at radius 1 is 1.17 bits per heavy atom. The molecule has 4 nitrogen and oxygen atoms in total. The van der Waals surface area contributed by atoms with Crippen molar-refractivity contribution < 1.29 is 22.8 Å². The normalized spacial score (nSPS) is 16.1. The van der Waals surface area contributed by atoms with Crippen LogP contribution in [0.1, 0.15) is 31.7 Å². The van der Waals surface area contributed by atoms with E-state index in [-0.39, 0.29) is 37.8 Å². The van der Waals surface area contributed by atoms with Gasteiger partial charge in [0.2, 0.25) is 5.91 Å². The summed E-state index contributed by atoms with van der Waals surface area (Å²) < 4.78 is 37.2. The summed E-state index contributed by atoms with van der Waals surface area (Å²) in [6.07, 6.45) is -2.36. The number of amides is 2. The molecule has 132 valence electrons. The molecular weight excluding hydrogens is 321 g/mol. The molecule has 0 bridgehead atoms. The van der Waals surface area contributed by atoms with Gasteiger partial charge in [0.25, 0.3) is 0 Å². The summed E-state index contributed by atoms with van der Waals surface area (Å²) in [6, 6.07) is 7.55. The first-order valence-corrected chi connectivity index (χ1v) is 8.07. The van der Waals surface area contributed by atoms with Gasteiger partial charge in [-0.15, -0.1) is 0 Å². The molecule has 1 aromatic carbocycles. The Hall–Kier alpha value is -2.05. The molecule has 1 aliphatic heterocycles. The monoisotopic (exact) mass is 342 g/mol. The zero-order valence-corrected chi connectivity index (χ0v) is 13.5. The number of piperidine rings is 1. The van der Waals surface area contributed by atoms with Crippen LogP contribution in [0, 0.1) is 5.92 Å². The first-order valence-electron chi connectivity index (χ1n) is 8.07. The van der Waals surface area contributed by atoms with E-state index in [0.29, 0.717) is 5.69 Å². The number of halogens is 3. The molecule has 0 spiro atoms. The fraction of sp³-hybridized carbons (Fsp3) is 0.529. The van der Waals surface area contributed by atoms with E-state index < -0.39 is 12.1 Å². The standard InChI is InChI=1S/C17H21F3N2O2/c1-2-3-12-4-6-14(7-5-12)21-15(23)13-8-10-22(11-9-13)16(24)17(18,19)20/h4-7,13H,2-3,8-11H2,1H3,(H,21,23). The number of hydrogen-bond donors (Lipinski definition) is 1. The van der Waals surface area contributed by atoms with E-state index in [1.54, 1.807) is 0 Å². The highest BCUT2D eigenvalue weighted by molar-refractivity contribution is 5.92. The van der Waals surface area contributed by atoms with Gasteiger partial charge in [-0.2, -0.15) is 13.2 Å². The largest absolute Gasteiger partial charge is 0.471 e. The van der Waals surface area contributed by atoms with Crippen molar-refractivity contribution in [2.24, 2.45) is 5.92 Å². The summed E-state index contributed by atoms with van der Waals surface area (Å²) in [6.45, 7) is 1.99. The molecule has 1 aromatic rings. The van der Waals surface area contributed by atoms with Gasteiger partial charge in [0, 0.05) is 24.7 Å². The van der Waals surface area contributed by atoms with Crippen LogP contribution in [-0.4, -0.2) is 36.0 Å². The minimum absolute atomic E-state index is 0.0497. The van der Waals surface area contributed by atoms with E-state index in [4.69, 9.17) is 0 Å². The maximum Gasteiger partial charge on any atom is 0.471 e. The molecule has 1 heterocycles. The van der Waals surface area contributed by atoms with Gasteiger partial charge >= 0.3 is 12.1 Å². The number of aryl methyl sites for hydroxylation is 1. The van der Waals surface area contributed by atoms with Gasteiger partial charge < -0.3 is 10.2 Å². The number of alkyl halides is 3. The summed E-state index contributed by atoms with van der Waals surface area (Å²) in [5.74, 6) is -2.41. The maximum absolute atomic E-state index is 12.4. The number of hydrogen-bond acceptors (Lipinski definition) is 2. The number of carbonyl (C=O) groups excluding carboxylic acids is 2. The molecule has 0 aromatic heterocycles. The highest BCUT2D eigenvalue weighted by Crippen LogP contribution is 2.24. The van der Waals surface area contributed by atoms with Crippen LogP contribution >= 0.6 is 0 Å². The van der Waals surface area contributed by atoms with E-state index in [2.05, 4.69) is 12.2 Å². The van der Waals surface area contributed by atoms with E-state index in [1.165, 1.54) is 5.56 Å². The molecule has 7 heteroatoms. The van der Waals surface area contributed by atoms with Crippen molar-refractivity contribution in [2.45, 2.75) is 38.8 Å². The Balaban J connectivity index is 1.85. The van der Waals surface area contributed by atoms with Crippen LogP contribution in [0.2, 0.25) is 0 Å². The molecule has 1 N–H and O–H groups in total. The molecule has 0 aliphatic carbocycles. The highest BCUT2D eigenvalue weighted by Gasteiger charge is 2.43. The van der Waals surface area contributed by atoms with Gasteiger partial charge in [-0.25, -0.2) is 0 Å². The van der Waals surface area contributed by atoms with Crippen LogP contribution < -0.4 is 5.32 Å². The first-order chi connectivity index (χ1) is 11.3. The summed E-state index contributed by atoms with van der Waals surface area (Å²) in [4.78, 5) is 24.2. The number of nitrogens with zero attached hydrogens (tertiary/aromatic N) is 1. The van der Waals surface area contributed by atoms with Crippen molar-refractivity contribution in [3.63, 3.8) is 0 Å². The third-order valence-electron chi connectivity index (χ3n) is 4.16. The van der Waals surface area contributed by atoms with Gasteiger partial charge in [-0.05, 0) is 37.0 Å². The molecule has 0 radical (unpaired) electrons. The minimum atomic E-state index is -4.85. The van der Waals surface area contributed by atoms with E-state index in [9.17, 15) is 22.8 Å². The van der Waals surface area contributed by atoms with Crippen molar-refractivity contribution >= 4 is 17.5 Å². The van der Waals surface area contributed by atoms with Gasteiger partial charge in [-0.1, -0.05) is 25.5 Å². The molecule has 1 aliphatic rings. The smallest absolute Gasteiger partial charge is 0.335 e. The predicted octanol–water partition coefficient (Wildman–Crippen LogP) is 3.38. The third kappa shape index (κ3) is 4.72. The number of anilines is 1. The summed E-state index contributed by atoms with van der Waals surface area (Å²) in [7, 11) is 0. The van der Waals surface area contributed by atoms with Crippen molar-refractivity contribution in [3.8, 4) is 0 Å². The molecule has 1 saturated heterocycles. The Labute approximate surface area is 139 Å². The number of carbonyl (C=O) groups is 2. The van der Waals surface area contributed by atoms with Gasteiger partial charge in [0.15, 0.2) is 0 Å². The Morgan fingerprint density at radius 2 is 1.75 bits per heavy atom. The lowest BCUT2D eigenvalue weighted by molar-refractivity contribution is -0.186. The second-order valence-electron chi connectivity index (χ2n) is 6.00. The van der Waals surface area contributed by atoms with Crippen molar-refractivity contribution in [1.82, 2.24) is 4.90 Å². The lowest BCUT2D eigenvalue weighted by atomic mass is 9.95. The second-order valence-corrected chi connectivity index (χ2v) is 6.00. The van der Waals surface area contributed by atoms with Crippen LogP contribution in [0.4, 0.5) is 18.9 Å². The lowest BCUT2D eigenvalue weighted by Crippen LogP contribution is -2.46. The van der Waals surface area contributed by atoms with Crippen LogP contribution in [-0.2, 0) is 16.0 Å². The summed E-state index contributed by atoms with van der Waals surface area (Å²) in [5.41, 5.74) is 1.86. The van der Waals surface area contributed by atoms with Gasteiger partial charge in [0.05, 0.1) is 0 Å². The quantitative estimate of drug-likeness (QED) is 0.912. The van der Waals surface area contributed by atoms with Crippen LogP contribution in [0.5, 0.6) is 0 Å². The van der Waals surface area contributed by atoms with Crippen molar-refractivity contribution in [3.05, 3.63) is 29.8 Å². The zero-order chi connectivity index (χ0) is 17.7. The third-order valence-corrected chi connectivity index (χ3v) is 4.16. The molecule has 2 amide bonds. The highest BCUT2D eigenvalue weighted by atomic mass is 19.4. The number of benzene rings is 1. The van der Waals surface area contributed by atoms with Crippen molar-refractivity contribution in [2.75, 3.05) is 18.4 Å². The summed E-state index contributed by atoms with van der Waals surface area (Å²) >= 11 is 0. The average Bonchev–Trinajstić information content (AvgIpc) is 2.55. The van der Waals surface area contributed by atoms with Crippen LogP contribution in [0.25, 0.3) is 0 Å². The topological polar surface area (TPSA) is 49.4 Å². The number of nitrogens with one attached hydrogen (secondary N) is 1. The van der Waals surface area contributed by atoms with E-state index >= 15 is 0 Å². The SMILES string of the molecule is CCCc1ccc(NC(=O)C2CCN(C(=O)C(F)(F)F)CC2)cc1. The molecule has 24 heavy (non-hydrogen) atoms. The molecule has 0 atom stereocenters. The molecule has 0 saturated carbocycles. The molecular formula is C17H21F3N2O2. The molecule has 0 unspecified atom stereocenters. The zero-order valence-electron chi connectivity index (χ0n) is 13.5. The Kier molecular flexibility index (Phi) is 5.85. The Bertz CT molecular complexity index is 576. The van der Waals surface area contributed by atoms with Gasteiger partial charge in [-0.3, -0.25) is 9.59 Å². The molecule has 2 rings (SSSR count). The van der Waals surface area contributed by atoms with Crippen molar-refractivity contribution in [1.29, 1.82) is 0 Å². The van der Waals surface area contributed by atoms with E-state index in [0.717, 1.165) is 17.7 Å². The number of likely N-dealkylation sites (tertiary alicyclic amines) is 1. The fourth-order valence-corrected chi connectivity index (χ4v) is 2.81.